The quantitative estimate of drug-likeness (QED) is 0.843. The smallest absolute Gasteiger partial charge is 0.236 e. The van der Waals surface area contributed by atoms with Gasteiger partial charge in [-0.05, 0) is 38.6 Å². The van der Waals surface area contributed by atoms with Crippen LogP contribution < -0.4 is 0 Å². The molecule has 2 aliphatic rings. The molecule has 0 bridgehead atoms. The summed E-state index contributed by atoms with van der Waals surface area (Å²) in [6.45, 7) is 3.70. The van der Waals surface area contributed by atoms with Gasteiger partial charge in [-0.25, -0.2) is 0 Å². The second-order valence-electron chi connectivity index (χ2n) is 5.93. The number of likely N-dealkylation sites (tertiary alicyclic amines) is 2. The van der Waals surface area contributed by atoms with Crippen molar-refractivity contribution in [2.24, 2.45) is 0 Å². The van der Waals surface area contributed by atoms with Crippen molar-refractivity contribution in [2.75, 3.05) is 32.8 Å². The van der Waals surface area contributed by atoms with E-state index in [9.17, 15) is 4.79 Å². The molecule has 4 nitrogen and oxygen atoms in total. The van der Waals surface area contributed by atoms with E-state index in [1.807, 2.05) is 0 Å². The number of aliphatic hydroxyl groups excluding tert-OH is 1. The Balaban J connectivity index is 1.84. The first-order valence-electron chi connectivity index (χ1n) is 7.94. The van der Waals surface area contributed by atoms with Crippen LogP contribution in [-0.4, -0.2) is 59.6 Å². The lowest BCUT2D eigenvalue weighted by molar-refractivity contribution is -0.133. The average Bonchev–Trinajstić information content (AvgIpc) is 2.70. The van der Waals surface area contributed by atoms with E-state index in [1.165, 1.54) is 25.7 Å². The number of hydrogen-bond donors (Lipinski definition) is 1. The van der Waals surface area contributed by atoms with Gasteiger partial charge in [0.2, 0.25) is 5.91 Å². The van der Waals surface area contributed by atoms with Crippen molar-refractivity contribution in [2.45, 2.75) is 57.4 Å². The fourth-order valence-corrected chi connectivity index (χ4v) is 3.34. The number of hydrogen-bond acceptors (Lipinski definition) is 3. The highest BCUT2D eigenvalue weighted by atomic mass is 16.3. The summed E-state index contributed by atoms with van der Waals surface area (Å²) in [7, 11) is 0. The van der Waals surface area contributed by atoms with Crippen LogP contribution in [0, 0.1) is 0 Å². The summed E-state index contributed by atoms with van der Waals surface area (Å²) < 4.78 is 0. The lowest BCUT2D eigenvalue weighted by Gasteiger charge is -2.36. The third kappa shape index (κ3) is 4.46. The molecular formula is C15H28N2O2. The summed E-state index contributed by atoms with van der Waals surface area (Å²) in [6.07, 6.45) is 9.22. The minimum Gasteiger partial charge on any atom is -0.396 e. The Hall–Kier alpha value is -0.610. The van der Waals surface area contributed by atoms with E-state index in [0.717, 1.165) is 45.3 Å². The Morgan fingerprint density at radius 1 is 1.00 bits per heavy atom. The molecule has 2 saturated heterocycles. The average molecular weight is 268 g/mol. The molecule has 1 N–H and O–H groups in total. The van der Waals surface area contributed by atoms with E-state index in [4.69, 9.17) is 5.11 Å². The molecule has 1 atom stereocenters. The minimum atomic E-state index is 0.235. The van der Waals surface area contributed by atoms with Crippen LogP contribution in [0.25, 0.3) is 0 Å². The van der Waals surface area contributed by atoms with Gasteiger partial charge in [-0.3, -0.25) is 9.69 Å². The molecule has 1 unspecified atom stereocenters. The summed E-state index contributed by atoms with van der Waals surface area (Å²) in [4.78, 5) is 16.7. The van der Waals surface area contributed by atoms with Crippen LogP contribution >= 0.6 is 0 Å². The Morgan fingerprint density at radius 2 is 1.68 bits per heavy atom. The highest BCUT2D eigenvalue weighted by molar-refractivity contribution is 5.78. The number of carbonyl (C=O) groups excluding carboxylic acids is 1. The van der Waals surface area contributed by atoms with Crippen molar-refractivity contribution in [3.05, 3.63) is 0 Å². The van der Waals surface area contributed by atoms with Gasteiger partial charge in [0.1, 0.15) is 0 Å². The van der Waals surface area contributed by atoms with E-state index >= 15 is 0 Å². The van der Waals surface area contributed by atoms with Crippen LogP contribution in [0.4, 0.5) is 0 Å². The van der Waals surface area contributed by atoms with Gasteiger partial charge < -0.3 is 10.0 Å². The van der Waals surface area contributed by atoms with Crippen LogP contribution in [0.15, 0.2) is 0 Å². The number of piperidine rings is 1. The zero-order valence-corrected chi connectivity index (χ0v) is 12.0. The van der Waals surface area contributed by atoms with Crippen LogP contribution in [0.5, 0.6) is 0 Å². The van der Waals surface area contributed by atoms with Gasteiger partial charge in [0.25, 0.3) is 0 Å². The van der Waals surface area contributed by atoms with Gasteiger partial charge in [0.15, 0.2) is 0 Å². The predicted molar refractivity (Wildman–Crippen MR) is 76.0 cm³/mol. The maximum atomic E-state index is 12.4. The Kier molecular flexibility index (Phi) is 6.11. The van der Waals surface area contributed by atoms with Crippen LogP contribution in [-0.2, 0) is 4.79 Å². The molecule has 0 aliphatic carbocycles. The first kappa shape index (κ1) is 14.8. The Morgan fingerprint density at radius 3 is 2.37 bits per heavy atom. The van der Waals surface area contributed by atoms with Crippen molar-refractivity contribution < 1.29 is 9.90 Å². The number of nitrogens with zero attached hydrogens (tertiary/aromatic N) is 2. The standard InChI is InChI=1S/C15H28N2O2/c18-12-8-14-7-3-6-11-17(14)13-15(19)16-9-4-1-2-5-10-16/h14,18H,1-13H2. The van der Waals surface area contributed by atoms with Gasteiger partial charge in [0, 0.05) is 25.7 Å². The Bertz CT molecular complexity index is 273. The molecule has 2 fully saturated rings. The number of rotatable bonds is 4. The topological polar surface area (TPSA) is 43.8 Å². The molecule has 0 spiro atoms. The molecule has 19 heavy (non-hydrogen) atoms. The largest absolute Gasteiger partial charge is 0.396 e. The molecule has 2 heterocycles. The molecule has 110 valence electrons. The van der Waals surface area contributed by atoms with E-state index in [0.29, 0.717) is 18.5 Å². The summed E-state index contributed by atoms with van der Waals surface area (Å²) in [6, 6.07) is 0.412. The SMILES string of the molecule is O=C(CN1CCCCC1CCO)N1CCCCCC1. The van der Waals surface area contributed by atoms with Crippen LogP contribution in [0.2, 0.25) is 0 Å². The van der Waals surface area contributed by atoms with Crippen LogP contribution in [0.3, 0.4) is 0 Å². The second-order valence-corrected chi connectivity index (χ2v) is 5.93. The van der Waals surface area contributed by atoms with Crippen molar-refractivity contribution in [1.82, 2.24) is 9.80 Å². The summed E-state index contributed by atoms with van der Waals surface area (Å²) in [5.74, 6) is 0.298. The summed E-state index contributed by atoms with van der Waals surface area (Å²) in [5, 5.41) is 9.13. The highest BCUT2D eigenvalue weighted by Gasteiger charge is 2.25. The normalized spacial score (nSPS) is 26.2. The maximum absolute atomic E-state index is 12.4. The first-order valence-corrected chi connectivity index (χ1v) is 7.94. The highest BCUT2D eigenvalue weighted by Crippen LogP contribution is 2.20. The Labute approximate surface area is 116 Å². The molecule has 0 saturated carbocycles. The molecule has 0 aromatic rings. The van der Waals surface area contributed by atoms with Crippen molar-refractivity contribution in [3.63, 3.8) is 0 Å². The lowest BCUT2D eigenvalue weighted by Crippen LogP contribution is -2.47. The van der Waals surface area contributed by atoms with E-state index in [1.54, 1.807) is 0 Å². The second kappa shape index (κ2) is 7.85. The third-order valence-corrected chi connectivity index (χ3v) is 4.51. The zero-order valence-electron chi connectivity index (χ0n) is 12.0. The van der Waals surface area contributed by atoms with Crippen molar-refractivity contribution in [1.29, 1.82) is 0 Å². The van der Waals surface area contributed by atoms with Crippen molar-refractivity contribution in [3.8, 4) is 0 Å². The molecule has 0 radical (unpaired) electrons. The number of carbonyl (C=O) groups is 1. The maximum Gasteiger partial charge on any atom is 0.236 e. The first-order chi connectivity index (χ1) is 9.31. The minimum absolute atomic E-state index is 0.235. The fraction of sp³-hybridized carbons (Fsp3) is 0.933. The van der Waals surface area contributed by atoms with Gasteiger partial charge >= 0.3 is 0 Å². The summed E-state index contributed by atoms with van der Waals surface area (Å²) >= 11 is 0. The third-order valence-electron chi connectivity index (χ3n) is 4.51. The predicted octanol–water partition coefficient (Wildman–Crippen LogP) is 1.63. The molecule has 4 heteroatoms. The molecular weight excluding hydrogens is 240 g/mol. The van der Waals surface area contributed by atoms with Crippen LogP contribution in [0.1, 0.15) is 51.4 Å². The van der Waals surface area contributed by atoms with Gasteiger partial charge in [0.05, 0.1) is 6.54 Å². The lowest BCUT2D eigenvalue weighted by atomic mass is 9.99. The fourth-order valence-electron chi connectivity index (χ4n) is 3.34. The molecule has 0 aromatic carbocycles. The van der Waals surface area contributed by atoms with Gasteiger partial charge in [-0.15, -0.1) is 0 Å². The molecule has 2 rings (SSSR count). The zero-order chi connectivity index (χ0) is 13.5. The van der Waals surface area contributed by atoms with E-state index < -0.39 is 0 Å². The molecule has 0 aromatic heterocycles. The van der Waals surface area contributed by atoms with E-state index in [-0.39, 0.29) is 6.61 Å². The van der Waals surface area contributed by atoms with Gasteiger partial charge in [-0.2, -0.15) is 0 Å². The molecule has 1 amide bonds. The molecule has 2 aliphatic heterocycles. The van der Waals surface area contributed by atoms with Gasteiger partial charge in [-0.1, -0.05) is 19.3 Å². The number of amides is 1. The summed E-state index contributed by atoms with van der Waals surface area (Å²) in [5.41, 5.74) is 0. The van der Waals surface area contributed by atoms with E-state index in [2.05, 4.69) is 9.80 Å². The number of aliphatic hydroxyl groups is 1. The monoisotopic (exact) mass is 268 g/mol. The van der Waals surface area contributed by atoms with Crippen molar-refractivity contribution >= 4 is 5.91 Å².